The van der Waals surface area contributed by atoms with Gasteiger partial charge in [-0.15, -0.1) is 0 Å². The van der Waals surface area contributed by atoms with Gasteiger partial charge in [-0.25, -0.2) is 4.98 Å². The molecule has 1 N–H and O–H groups in total. The number of hydrogen-bond donors (Lipinski definition) is 1. The average Bonchev–Trinajstić information content (AvgIpc) is 2.38. The zero-order valence-corrected chi connectivity index (χ0v) is 14.6. The van der Waals surface area contributed by atoms with E-state index in [-0.39, 0.29) is 5.60 Å². The van der Waals surface area contributed by atoms with Crippen LogP contribution in [0.2, 0.25) is 0 Å². The van der Waals surface area contributed by atoms with Crippen LogP contribution in [0, 0.1) is 5.92 Å². The van der Waals surface area contributed by atoms with E-state index in [1.165, 1.54) is 5.56 Å². The van der Waals surface area contributed by atoms with Crippen molar-refractivity contribution < 1.29 is 4.74 Å². The molecule has 1 heterocycles. The molecule has 0 atom stereocenters. The minimum absolute atomic E-state index is 0.166. The third kappa shape index (κ3) is 6.94. The molecular weight excluding hydrogens is 260 g/mol. The van der Waals surface area contributed by atoms with Gasteiger partial charge in [0.2, 0.25) is 5.88 Å². The van der Waals surface area contributed by atoms with Crippen LogP contribution in [0.4, 0.5) is 0 Å². The number of nitrogens with zero attached hydrogens (tertiary/aromatic N) is 1. The molecule has 1 aromatic rings. The van der Waals surface area contributed by atoms with Crippen molar-refractivity contribution in [2.24, 2.45) is 5.92 Å². The molecule has 0 unspecified atom stereocenters. The molecule has 0 aromatic carbocycles. The molecule has 0 radical (unpaired) electrons. The quantitative estimate of drug-likeness (QED) is 0.735. The monoisotopic (exact) mass is 292 g/mol. The predicted octanol–water partition coefficient (Wildman–Crippen LogP) is 4.35. The Balaban J connectivity index is 2.84. The molecule has 0 saturated heterocycles. The molecule has 0 aliphatic carbocycles. The lowest BCUT2D eigenvalue weighted by Crippen LogP contribution is -2.27. The summed E-state index contributed by atoms with van der Waals surface area (Å²) in [5, 5.41) is 3.49. The molecule has 0 bridgehead atoms. The summed E-state index contributed by atoms with van der Waals surface area (Å²) in [4.78, 5) is 4.65. The molecule has 0 spiro atoms. The molecule has 120 valence electrons. The van der Waals surface area contributed by atoms with Crippen LogP contribution in [-0.2, 0) is 13.0 Å². The Hall–Kier alpha value is -1.09. The van der Waals surface area contributed by atoms with Gasteiger partial charge >= 0.3 is 0 Å². The van der Waals surface area contributed by atoms with Gasteiger partial charge in [0.25, 0.3) is 0 Å². The minimum Gasteiger partial charge on any atom is -0.472 e. The van der Waals surface area contributed by atoms with E-state index in [2.05, 4.69) is 64.0 Å². The zero-order chi connectivity index (χ0) is 15.9. The van der Waals surface area contributed by atoms with Crippen LogP contribution in [0.3, 0.4) is 0 Å². The number of rotatable bonds is 9. The van der Waals surface area contributed by atoms with Crippen molar-refractivity contribution >= 4 is 0 Å². The highest BCUT2D eigenvalue weighted by atomic mass is 16.5. The minimum atomic E-state index is -0.166. The van der Waals surface area contributed by atoms with Gasteiger partial charge in [0.15, 0.2) is 0 Å². The molecule has 0 aliphatic heterocycles. The fourth-order valence-corrected chi connectivity index (χ4v) is 2.02. The maximum absolute atomic E-state index is 6.07. The lowest BCUT2D eigenvalue weighted by molar-refractivity contribution is 0.0986. The second-order valence-electron chi connectivity index (χ2n) is 6.80. The summed E-state index contributed by atoms with van der Waals surface area (Å²) in [6.45, 7) is 14.9. The molecule has 0 fully saturated rings. The van der Waals surface area contributed by atoms with Crippen molar-refractivity contribution in [3.05, 3.63) is 23.4 Å². The van der Waals surface area contributed by atoms with Gasteiger partial charge in [-0.2, -0.15) is 0 Å². The molecule has 3 heteroatoms. The van der Waals surface area contributed by atoms with Crippen molar-refractivity contribution in [2.45, 2.75) is 73.0 Å². The summed E-state index contributed by atoms with van der Waals surface area (Å²) in [6.07, 6.45) is 3.07. The Morgan fingerprint density at radius 3 is 2.52 bits per heavy atom. The van der Waals surface area contributed by atoms with E-state index in [0.29, 0.717) is 5.92 Å². The Kier molecular flexibility index (Phi) is 7.16. The molecule has 1 rings (SSSR count). The van der Waals surface area contributed by atoms with E-state index in [1.807, 2.05) is 0 Å². The van der Waals surface area contributed by atoms with Gasteiger partial charge in [-0.3, -0.25) is 0 Å². The van der Waals surface area contributed by atoms with Crippen LogP contribution >= 0.6 is 0 Å². The number of ether oxygens (including phenoxy) is 1. The van der Waals surface area contributed by atoms with Crippen molar-refractivity contribution in [1.29, 1.82) is 0 Å². The molecule has 21 heavy (non-hydrogen) atoms. The summed E-state index contributed by atoms with van der Waals surface area (Å²) < 4.78 is 6.07. The first-order valence-corrected chi connectivity index (χ1v) is 8.26. The first kappa shape index (κ1) is 18.0. The van der Waals surface area contributed by atoms with E-state index in [1.54, 1.807) is 0 Å². The second-order valence-corrected chi connectivity index (χ2v) is 6.80. The van der Waals surface area contributed by atoms with Crippen molar-refractivity contribution in [3.63, 3.8) is 0 Å². The highest BCUT2D eigenvalue weighted by Crippen LogP contribution is 2.21. The van der Waals surface area contributed by atoms with Crippen LogP contribution in [0.25, 0.3) is 0 Å². The number of aromatic nitrogens is 1. The topological polar surface area (TPSA) is 34.1 Å². The summed E-state index contributed by atoms with van der Waals surface area (Å²) in [5.74, 6) is 1.42. The highest BCUT2D eigenvalue weighted by Gasteiger charge is 2.18. The summed E-state index contributed by atoms with van der Waals surface area (Å²) in [5.41, 5.74) is 2.22. The Morgan fingerprint density at radius 1 is 1.24 bits per heavy atom. The number of pyridine rings is 1. The van der Waals surface area contributed by atoms with E-state index in [4.69, 9.17) is 4.74 Å². The van der Waals surface area contributed by atoms with Gasteiger partial charge in [-0.05, 0) is 50.8 Å². The molecule has 0 amide bonds. The third-order valence-corrected chi connectivity index (χ3v) is 3.53. The summed E-state index contributed by atoms with van der Waals surface area (Å²) in [7, 11) is 0. The van der Waals surface area contributed by atoms with Gasteiger partial charge in [0.1, 0.15) is 5.60 Å². The number of aryl methyl sites for hydroxylation is 1. The summed E-state index contributed by atoms with van der Waals surface area (Å²) >= 11 is 0. The maximum Gasteiger partial charge on any atom is 0.214 e. The van der Waals surface area contributed by atoms with E-state index in [9.17, 15) is 0 Å². The van der Waals surface area contributed by atoms with Crippen LogP contribution < -0.4 is 10.1 Å². The molecule has 1 aromatic heterocycles. The van der Waals surface area contributed by atoms with Crippen LogP contribution in [0.5, 0.6) is 5.88 Å². The van der Waals surface area contributed by atoms with Gasteiger partial charge in [0, 0.05) is 18.3 Å². The third-order valence-electron chi connectivity index (χ3n) is 3.53. The predicted molar refractivity (Wildman–Crippen MR) is 89.8 cm³/mol. The van der Waals surface area contributed by atoms with Crippen molar-refractivity contribution in [2.75, 3.05) is 6.54 Å². The van der Waals surface area contributed by atoms with E-state index >= 15 is 0 Å². The van der Waals surface area contributed by atoms with Gasteiger partial charge in [-0.1, -0.05) is 34.1 Å². The second kappa shape index (κ2) is 8.38. The van der Waals surface area contributed by atoms with Crippen LogP contribution in [0.15, 0.2) is 12.1 Å². The molecule has 0 saturated carbocycles. The zero-order valence-electron chi connectivity index (χ0n) is 14.6. The van der Waals surface area contributed by atoms with Crippen LogP contribution in [-0.4, -0.2) is 17.1 Å². The SMILES string of the molecule is CCCc1cc(CNCC(C)C)cc(OC(C)(C)CC)n1. The lowest BCUT2D eigenvalue weighted by atomic mass is 10.1. The van der Waals surface area contributed by atoms with Crippen LogP contribution in [0.1, 0.15) is 65.6 Å². The standard InChI is InChI=1S/C18H32N2O/c1-7-9-16-10-15(13-19-12-14(3)4)11-17(20-16)21-18(5,6)8-2/h10-11,14,19H,7-9,12-13H2,1-6H3. The molecule has 0 aliphatic rings. The lowest BCUT2D eigenvalue weighted by Gasteiger charge is -2.24. The Morgan fingerprint density at radius 2 is 1.95 bits per heavy atom. The maximum atomic E-state index is 6.07. The normalized spacial score (nSPS) is 12.0. The Bertz CT molecular complexity index is 427. The first-order valence-electron chi connectivity index (χ1n) is 8.26. The number of nitrogens with one attached hydrogen (secondary N) is 1. The largest absolute Gasteiger partial charge is 0.472 e. The fraction of sp³-hybridized carbons (Fsp3) is 0.722. The van der Waals surface area contributed by atoms with Gasteiger partial charge < -0.3 is 10.1 Å². The molecule has 3 nitrogen and oxygen atoms in total. The van der Waals surface area contributed by atoms with E-state index in [0.717, 1.165) is 43.9 Å². The van der Waals surface area contributed by atoms with Gasteiger partial charge in [0.05, 0.1) is 0 Å². The molecular formula is C18H32N2O. The van der Waals surface area contributed by atoms with E-state index < -0.39 is 0 Å². The fourth-order valence-electron chi connectivity index (χ4n) is 2.02. The summed E-state index contributed by atoms with van der Waals surface area (Å²) in [6, 6.07) is 4.27. The highest BCUT2D eigenvalue weighted by molar-refractivity contribution is 5.26. The average molecular weight is 292 g/mol. The number of hydrogen-bond acceptors (Lipinski definition) is 3. The van der Waals surface area contributed by atoms with Crippen molar-refractivity contribution in [1.82, 2.24) is 10.3 Å². The smallest absolute Gasteiger partial charge is 0.214 e. The van der Waals surface area contributed by atoms with Crippen molar-refractivity contribution in [3.8, 4) is 5.88 Å². The first-order chi connectivity index (χ1) is 9.86. The Labute approximate surface area is 130 Å².